The summed E-state index contributed by atoms with van der Waals surface area (Å²) in [5.41, 5.74) is 1.22. The van der Waals surface area contributed by atoms with Crippen LogP contribution in [0, 0.1) is 0 Å². The largest absolute Gasteiger partial charge is 0.374 e. The van der Waals surface area contributed by atoms with Gasteiger partial charge in [0.2, 0.25) is 0 Å². The van der Waals surface area contributed by atoms with Crippen LogP contribution >= 0.6 is 0 Å². The molecular formula is C11H15NO. The fourth-order valence-corrected chi connectivity index (χ4v) is 1.75. The van der Waals surface area contributed by atoms with Crippen molar-refractivity contribution in [1.29, 1.82) is 0 Å². The zero-order valence-corrected chi connectivity index (χ0v) is 7.78. The molecule has 13 heavy (non-hydrogen) atoms. The highest BCUT2D eigenvalue weighted by Crippen LogP contribution is 2.21. The maximum absolute atomic E-state index is 5.76. The zero-order valence-electron chi connectivity index (χ0n) is 7.78. The minimum Gasteiger partial charge on any atom is -0.374 e. The van der Waals surface area contributed by atoms with E-state index >= 15 is 0 Å². The molecule has 1 fully saturated rings. The highest BCUT2D eigenvalue weighted by atomic mass is 16.5. The van der Waals surface area contributed by atoms with E-state index in [2.05, 4.69) is 4.98 Å². The van der Waals surface area contributed by atoms with Crippen LogP contribution in [-0.4, -0.2) is 11.1 Å². The third kappa shape index (κ3) is 2.52. The van der Waals surface area contributed by atoms with Gasteiger partial charge in [0.25, 0.3) is 0 Å². The molecule has 1 aliphatic carbocycles. The summed E-state index contributed by atoms with van der Waals surface area (Å²) in [5, 5.41) is 0. The summed E-state index contributed by atoms with van der Waals surface area (Å²) >= 11 is 0. The molecule has 1 aromatic heterocycles. The number of hydrogen-bond donors (Lipinski definition) is 0. The molecule has 2 heteroatoms. The zero-order chi connectivity index (χ0) is 8.93. The van der Waals surface area contributed by atoms with E-state index in [9.17, 15) is 0 Å². The Balaban J connectivity index is 1.79. The number of nitrogens with zero attached hydrogens (tertiary/aromatic N) is 1. The summed E-state index contributed by atoms with van der Waals surface area (Å²) in [6, 6.07) is 4.02. The molecule has 2 nitrogen and oxygen atoms in total. The Kier molecular flexibility index (Phi) is 2.93. The lowest BCUT2D eigenvalue weighted by atomic mass is 10.3. The fourth-order valence-electron chi connectivity index (χ4n) is 1.75. The Morgan fingerprint density at radius 1 is 1.23 bits per heavy atom. The minimum absolute atomic E-state index is 0.508. The molecule has 0 unspecified atom stereocenters. The van der Waals surface area contributed by atoms with Crippen LogP contribution in [0.3, 0.4) is 0 Å². The summed E-state index contributed by atoms with van der Waals surface area (Å²) < 4.78 is 5.76. The average molecular weight is 177 g/mol. The molecule has 0 amide bonds. The first-order chi connectivity index (χ1) is 6.45. The lowest BCUT2D eigenvalue weighted by Gasteiger charge is -2.10. The number of pyridine rings is 1. The first kappa shape index (κ1) is 8.70. The molecular weight excluding hydrogens is 162 g/mol. The molecule has 0 radical (unpaired) electrons. The third-order valence-corrected chi connectivity index (χ3v) is 2.54. The van der Waals surface area contributed by atoms with E-state index in [1.54, 1.807) is 0 Å². The van der Waals surface area contributed by atoms with Gasteiger partial charge in [-0.3, -0.25) is 4.98 Å². The molecule has 1 heterocycles. The van der Waals surface area contributed by atoms with E-state index < -0.39 is 0 Å². The van der Waals surface area contributed by atoms with Crippen LogP contribution in [0.15, 0.2) is 24.5 Å². The predicted molar refractivity (Wildman–Crippen MR) is 51.3 cm³/mol. The number of ether oxygens (including phenoxy) is 1. The Morgan fingerprint density at radius 2 is 1.92 bits per heavy atom. The van der Waals surface area contributed by atoms with Crippen molar-refractivity contribution < 1.29 is 4.74 Å². The van der Waals surface area contributed by atoms with Crippen molar-refractivity contribution in [1.82, 2.24) is 4.98 Å². The molecule has 70 valence electrons. The molecule has 2 rings (SSSR count). The van der Waals surface area contributed by atoms with E-state index in [1.807, 2.05) is 24.5 Å². The molecule has 0 N–H and O–H groups in total. The summed E-state index contributed by atoms with van der Waals surface area (Å²) in [4.78, 5) is 3.97. The van der Waals surface area contributed by atoms with Gasteiger partial charge in [0.15, 0.2) is 0 Å². The first-order valence-electron chi connectivity index (χ1n) is 4.95. The molecule has 0 atom stereocenters. The van der Waals surface area contributed by atoms with Crippen LogP contribution in [0.2, 0.25) is 0 Å². The molecule has 0 spiro atoms. The van der Waals surface area contributed by atoms with Crippen molar-refractivity contribution in [3.63, 3.8) is 0 Å². The van der Waals surface area contributed by atoms with Crippen LogP contribution < -0.4 is 0 Å². The molecule has 0 aliphatic heterocycles. The van der Waals surface area contributed by atoms with Crippen LogP contribution in [0.5, 0.6) is 0 Å². The fraction of sp³-hybridized carbons (Fsp3) is 0.545. The second kappa shape index (κ2) is 4.38. The van der Waals surface area contributed by atoms with Crippen molar-refractivity contribution >= 4 is 0 Å². The second-order valence-electron chi connectivity index (χ2n) is 3.57. The van der Waals surface area contributed by atoms with Gasteiger partial charge in [-0.2, -0.15) is 0 Å². The van der Waals surface area contributed by atoms with Crippen LogP contribution in [0.25, 0.3) is 0 Å². The van der Waals surface area contributed by atoms with Gasteiger partial charge in [-0.1, -0.05) is 12.8 Å². The maximum Gasteiger partial charge on any atom is 0.0721 e. The lowest BCUT2D eigenvalue weighted by Crippen LogP contribution is -2.06. The van der Waals surface area contributed by atoms with Gasteiger partial charge in [-0.05, 0) is 30.5 Å². The van der Waals surface area contributed by atoms with Crippen molar-refractivity contribution in [2.45, 2.75) is 38.4 Å². The Morgan fingerprint density at radius 3 is 2.62 bits per heavy atom. The second-order valence-corrected chi connectivity index (χ2v) is 3.57. The molecule has 1 aromatic rings. The highest BCUT2D eigenvalue weighted by molar-refractivity contribution is 5.07. The van der Waals surface area contributed by atoms with Crippen molar-refractivity contribution in [3.8, 4) is 0 Å². The van der Waals surface area contributed by atoms with E-state index in [-0.39, 0.29) is 0 Å². The number of hydrogen-bond acceptors (Lipinski definition) is 2. The quantitative estimate of drug-likeness (QED) is 0.707. The van der Waals surface area contributed by atoms with Gasteiger partial charge in [-0.25, -0.2) is 0 Å². The number of aromatic nitrogens is 1. The van der Waals surface area contributed by atoms with E-state index in [1.165, 1.54) is 31.2 Å². The van der Waals surface area contributed by atoms with E-state index in [0.717, 1.165) is 6.61 Å². The Hall–Kier alpha value is -0.890. The number of rotatable bonds is 3. The highest BCUT2D eigenvalue weighted by Gasteiger charge is 2.14. The van der Waals surface area contributed by atoms with Crippen LogP contribution in [-0.2, 0) is 11.3 Å². The standard InChI is InChI=1S/C11H15NO/c1-2-4-11(3-1)13-9-10-5-7-12-8-6-10/h5-8,11H,1-4,9H2. The normalized spacial score (nSPS) is 17.8. The first-order valence-corrected chi connectivity index (χ1v) is 4.95. The predicted octanol–water partition coefficient (Wildman–Crippen LogP) is 2.54. The van der Waals surface area contributed by atoms with Crippen LogP contribution in [0.1, 0.15) is 31.2 Å². The van der Waals surface area contributed by atoms with Crippen molar-refractivity contribution in [2.75, 3.05) is 0 Å². The van der Waals surface area contributed by atoms with Crippen LogP contribution in [0.4, 0.5) is 0 Å². The molecule has 1 aliphatic rings. The van der Waals surface area contributed by atoms with Gasteiger partial charge in [0, 0.05) is 12.4 Å². The summed E-state index contributed by atoms with van der Waals surface area (Å²) in [6.45, 7) is 0.743. The van der Waals surface area contributed by atoms with Gasteiger partial charge >= 0.3 is 0 Å². The average Bonchev–Trinajstić information content (AvgIpc) is 2.69. The SMILES string of the molecule is c1cc(COC2CCCC2)ccn1. The van der Waals surface area contributed by atoms with Gasteiger partial charge in [0.1, 0.15) is 0 Å². The monoisotopic (exact) mass is 177 g/mol. The third-order valence-electron chi connectivity index (χ3n) is 2.54. The molecule has 0 bridgehead atoms. The topological polar surface area (TPSA) is 22.1 Å². The Labute approximate surface area is 78.9 Å². The van der Waals surface area contributed by atoms with E-state index in [0.29, 0.717) is 6.10 Å². The summed E-state index contributed by atoms with van der Waals surface area (Å²) in [7, 11) is 0. The summed E-state index contributed by atoms with van der Waals surface area (Å²) in [6.07, 6.45) is 9.28. The van der Waals surface area contributed by atoms with E-state index in [4.69, 9.17) is 4.74 Å². The molecule has 0 saturated heterocycles. The smallest absolute Gasteiger partial charge is 0.0721 e. The minimum atomic E-state index is 0.508. The van der Waals surface area contributed by atoms with Crippen molar-refractivity contribution in [3.05, 3.63) is 30.1 Å². The van der Waals surface area contributed by atoms with Gasteiger partial charge in [-0.15, -0.1) is 0 Å². The van der Waals surface area contributed by atoms with Gasteiger partial charge in [0.05, 0.1) is 12.7 Å². The lowest BCUT2D eigenvalue weighted by molar-refractivity contribution is 0.0456. The molecule has 1 saturated carbocycles. The van der Waals surface area contributed by atoms with Gasteiger partial charge < -0.3 is 4.74 Å². The Bertz CT molecular complexity index is 242. The van der Waals surface area contributed by atoms with Crippen molar-refractivity contribution in [2.24, 2.45) is 0 Å². The maximum atomic E-state index is 5.76. The molecule has 0 aromatic carbocycles. The summed E-state index contributed by atoms with van der Waals surface area (Å²) in [5.74, 6) is 0.